The van der Waals surface area contributed by atoms with Crippen LogP contribution in [0.5, 0.6) is 0 Å². The van der Waals surface area contributed by atoms with Crippen molar-refractivity contribution in [2.24, 2.45) is 7.05 Å². The number of amides is 1. The third kappa shape index (κ3) is 2.99. The lowest BCUT2D eigenvalue weighted by Crippen LogP contribution is -2.40. The summed E-state index contributed by atoms with van der Waals surface area (Å²) in [6.07, 6.45) is 3.24. The molecule has 0 unspecified atom stereocenters. The zero-order valence-corrected chi connectivity index (χ0v) is 16.0. The molecule has 3 heterocycles. The minimum atomic E-state index is -0.166. The molecule has 0 saturated carbocycles. The van der Waals surface area contributed by atoms with Gasteiger partial charge in [-0.05, 0) is 47.0 Å². The van der Waals surface area contributed by atoms with Crippen LogP contribution in [0, 0.1) is 20.8 Å². The number of hydrogen-bond acceptors (Lipinski definition) is 4. The number of hydrogen-bond donors (Lipinski definition) is 0. The second kappa shape index (κ2) is 6.67. The summed E-state index contributed by atoms with van der Waals surface area (Å²) in [4.78, 5) is 20.0. The first-order valence-electron chi connectivity index (χ1n) is 8.62. The predicted octanol–water partition coefficient (Wildman–Crippen LogP) is 3.66. The Balaban J connectivity index is 1.88. The Bertz CT molecular complexity index is 748. The zero-order chi connectivity index (χ0) is 17.4. The van der Waals surface area contributed by atoms with Crippen molar-refractivity contribution in [3.63, 3.8) is 0 Å². The van der Waals surface area contributed by atoms with Crippen LogP contribution < -0.4 is 0 Å². The molecule has 2 atom stereocenters. The third-order valence-electron chi connectivity index (χ3n) is 5.08. The fraction of sp³-hybridized carbons (Fsp3) is 0.611. The van der Waals surface area contributed by atoms with Crippen LogP contribution in [-0.2, 0) is 11.8 Å². The standard InChI is InChI=1S/C18H26N4OS/c1-11-10-24-17(19-11)15-8-6-7-9-22(15)18(23)12(2)16-13(3)20-21(5)14(16)4/h10,12,15H,6-9H2,1-5H3/t12-,15-/m0/s1. The normalized spacial score (nSPS) is 19.5. The molecule has 1 fully saturated rings. The summed E-state index contributed by atoms with van der Waals surface area (Å²) >= 11 is 1.67. The molecule has 0 N–H and O–H groups in total. The molecular weight excluding hydrogens is 320 g/mol. The van der Waals surface area contributed by atoms with Gasteiger partial charge in [-0.15, -0.1) is 11.3 Å². The molecule has 0 spiro atoms. The molecule has 1 amide bonds. The highest BCUT2D eigenvalue weighted by Crippen LogP contribution is 2.35. The number of likely N-dealkylation sites (tertiary alicyclic amines) is 1. The molecule has 2 aromatic rings. The van der Waals surface area contributed by atoms with Crippen molar-refractivity contribution in [3.8, 4) is 0 Å². The maximum atomic E-state index is 13.3. The smallest absolute Gasteiger partial charge is 0.230 e. The van der Waals surface area contributed by atoms with E-state index in [9.17, 15) is 4.79 Å². The molecule has 3 rings (SSSR count). The van der Waals surface area contributed by atoms with Crippen molar-refractivity contribution < 1.29 is 4.79 Å². The van der Waals surface area contributed by atoms with Gasteiger partial charge in [-0.1, -0.05) is 0 Å². The highest BCUT2D eigenvalue weighted by atomic mass is 32.1. The summed E-state index contributed by atoms with van der Waals surface area (Å²) in [6.45, 7) is 8.88. The van der Waals surface area contributed by atoms with Gasteiger partial charge in [0.05, 0.1) is 17.7 Å². The number of carbonyl (C=O) groups excluding carboxylic acids is 1. The molecule has 0 aliphatic carbocycles. The number of aromatic nitrogens is 3. The number of nitrogens with zero attached hydrogens (tertiary/aromatic N) is 4. The Hall–Kier alpha value is -1.69. The molecule has 0 radical (unpaired) electrons. The number of carbonyl (C=O) groups is 1. The van der Waals surface area contributed by atoms with E-state index in [0.29, 0.717) is 0 Å². The van der Waals surface area contributed by atoms with E-state index in [-0.39, 0.29) is 17.9 Å². The highest BCUT2D eigenvalue weighted by molar-refractivity contribution is 7.09. The van der Waals surface area contributed by atoms with Crippen molar-refractivity contribution in [1.82, 2.24) is 19.7 Å². The van der Waals surface area contributed by atoms with Gasteiger partial charge in [0, 0.05) is 35.9 Å². The van der Waals surface area contributed by atoms with Crippen molar-refractivity contribution in [3.05, 3.63) is 33.0 Å². The number of piperidine rings is 1. The summed E-state index contributed by atoms with van der Waals surface area (Å²) < 4.78 is 1.87. The molecule has 0 bridgehead atoms. The van der Waals surface area contributed by atoms with E-state index >= 15 is 0 Å². The van der Waals surface area contributed by atoms with Gasteiger partial charge >= 0.3 is 0 Å². The van der Waals surface area contributed by atoms with Gasteiger partial charge < -0.3 is 4.90 Å². The Morgan fingerprint density at radius 1 is 1.33 bits per heavy atom. The second-order valence-corrected chi connectivity index (χ2v) is 7.69. The predicted molar refractivity (Wildman–Crippen MR) is 96.3 cm³/mol. The fourth-order valence-corrected chi connectivity index (χ4v) is 4.71. The van der Waals surface area contributed by atoms with Crippen molar-refractivity contribution in [2.45, 2.75) is 58.9 Å². The van der Waals surface area contributed by atoms with Crippen molar-refractivity contribution in [2.75, 3.05) is 6.54 Å². The molecule has 5 nitrogen and oxygen atoms in total. The van der Waals surface area contributed by atoms with Crippen LogP contribution in [0.4, 0.5) is 0 Å². The summed E-state index contributed by atoms with van der Waals surface area (Å²) in [7, 11) is 1.94. The first-order valence-corrected chi connectivity index (χ1v) is 9.50. The molecule has 6 heteroatoms. The van der Waals surface area contributed by atoms with Crippen LogP contribution in [0.25, 0.3) is 0 Å². The lowest BCUT2D eigenvalue weighted by atomic mass is 9.94. The first-order chi connectivity index (χ1) is 11.4. The lowest BCUT2D eigenvalue weighted by molar-refractivity contribution is -0.136. The van der Waals surface area contributed by atoms with E-state index < -0.39 is 0 Å². The van der Waals surface area contributed by atoms with Gasteiger partial charge in [-0.2, -0.15) is 5.10 Å². The maximum Gasteiger partial charge on any atom is 0.230 e. The average Bonchev–Trinajstić information content (AvgIpc) is 3.10. The molecule has 24 heavy (non-hydrogen) atoms. The van der Waals surface area contributed by atoms with Crippen LogP contribution in [-0.4, -0.2) is 32.1 Å². The van der Waals surface area contributed by atoms with Gasteiger partial charge in [-0.25, -0.2) is 4.98 Å². The largest absolute Gasteiger partial charge is 0.333 e. The zero-order valence-electron chi connectivity index (χ0n) is 15.2. The average molecular weight is 347 g/mol. The summed E-state index contributed by atoms with van der Waals surface area (Å²) in [5.41, 5.74) is 4.14. The third-order valence-corrected chi connectivity index (χ3v) is 6.14. The molecule has 2 aromatic heterocycles. The molecule has 1 saturated heterocycles. The van der Waals surface area contributed by atoms with Crippen molar-refractivity contribution >= 4 is 17.2 Å². The second-order valence-electron chi connectivity index (χ2n) is 6.80. The topological polar surface area (TPSA) is 51.0 Å². The Morgan fingerprint density at radius 2 is 2.08 bits per heavy atom. The van der Waals surface area contributed by atoms with E-state index in [1.807, 2.05) is 39.4 Å². The molecular formula is C18H26N4OS. The van der Waals surface area contributed by atoms with Gasteiger partial charge in [0.1, 0.15) is 5.01 Å². The van der Waals surface area contributed by atoms with Crippen LogP contribution >= 0.6 is 11.3 Å². The molecule has 1 aliphatic rings. The summed E-state index contributed by atoms with van der Waals surface area (Å²) in [5.74, 6) is 0.0344. The van der Waals surface area contributed by atoms with Crippen LogP contribution in [0.15, 0.2) is 5.38 Å². The number of rotatable bonds is 3. The Labute approximate surface area is 147 Å². The summed E-state index contributed by atoms with van der Waals surface area (Å²) in [6, 6.07) is 0.129. The van der Waals surface area contributed by atoms with Crippen LogP contribution in [0.3, 0.4) is 0 Å². The SMILES string of the molecule is Cc1csc([C@@H]2CCCCN2C(=O)[C@@H](C)c2c(C)nn(C)c2C)n1. The minimum absolute atomic E-state index is 0.129. The quantitative estimate of drug-likeness (QED) is 0.852. The van der Waals surface area contributed by atoms with Gasteiger partial charge in [0.15, 0.2) is 0 Å². The van der Waals surface area contributed by atoms with E-state index in [0.717, 1.165) is 53.5 Å². The van der Waals surface area contributed by atoms with Gasteiger partial charge in [-0.3, -0.25) is 9.48 Å². The highest BCUT2D eigenvalue weighted by Gasteiger charge is 2.34. The number of aryl methyl sites for hydroxylation is 3. The van der Waals surface area contributed by atoms with Gasteiger partial charge in [0.2, 0.25) is 5.91 Å². The Morgan fingerprint density at radius 3 is 2.67 bits per heavy atom. The van der Waals surface area contributed by atoms with Gasteiger partial charge in [0.25, 0.3) is 0 Å². The lowest BCUT2D eigenvalue weighted by Gasteiger charge is -2.36. The maximum absolute atomic E-state index is 13.3. The first kappa shape index (κ1) is 17.1. The van der Waals surface area contributed by atoms with Crippen LogP contribution in [0.1, 0.15) is 65.8 Å². The van der Waals surface area contributed by atoms with Crippen molar-refractivity contribution in [1.29, 1.82) is 0 Å². The number of thiazole rings is 1. The molecule has 130 valence electrons. The Kier molecular flexibility index (Phi) is 4.76. The molecule has 1 aliphatic heterocycles. The van der Waals surface area contributed by atoms with E-state index in [1.165, 1.54) is 0 Å². The van der Waals surface area contributed by atoms with E-state index in [1.54, 1.807) is 11.3 Å². The fourth-order valence-electron chi connectivity index (χ4n) is 3.77. The van der Waals surface area contributed by atoms with E-state index in [4.69, 9.17) is 0 Å². The summed E-state index contributed by atoms with van der Waals surface area (Å²) in [5, 5.41) is 7.63. The van der Waals surface area contributed by atoms with E-state index in [2.05, 4.69) is 20.4 Å². The minimum Gasteiger partial charge on any atom is -0.333 e. The monoisotopic (exact) mass is 346 g/mol. The van der Waals surface area contributed by atoms with Crippen LogP contribution in [0.2, 0.25) is 0 Å². The molecule has 0 aromatic carbocycles.